The molecule has 98 valence electrons. The number of rotatable bonds is 2. The van der Waals surface area contributed by atoms with Gasteiger partial charge in [-0.25, -0.2) is 4.39 Å². The SMILES string of the molecule is Fc1ccc(C2NCCC2c2ccccc2)cc1Cl. The lowest BCUT2D eigenvalue weighted by atomic mass is 9.88. The molecule has 19 heavy (non-hydrogen) atoms. The van der Waals surface area contributed by atoms with Crippen LogP contribution in [0.2, 0.25) is 5.02 Å². The van der Waals surface area contributed by atoms with Crippen molar-refractivity contribution in [3.05, 3.63) is 70.5 Å². The van der Waals surface area contributed by atoms with Crippen molar-refractivity contribution in [2.45, 2.75) is 18.4 Å². The summed E-state index contributed by atoms with van der Waals surface area (Å²) < 4.78 is 13.3. The molecule has 1 nitrogen and oxygen atoms in total. The van der Waals surface area contributed by atoms with Gasteiger partial charge in [-0.1, -0.05) is 48.0 Å². The number of hydrogen-bond acceptors (Lipinski definition) is 1. The zero-order valence-corrected chi connectivity index (χ0v) is 11.2. The van der Waals surface area contributed by atoms with Crippen LogP contribution < -0.4 is 5.32 Å². The summed E-state index contributed by atoms with van der Waals surface area (Å²) in [4.78, 5) is 0. The normalized spacial score (nSPS) is 22.6. The van der Waals surface area contributed by atoms with Gasteiger partial charge in [-0.15, -0.1) is 0 Å². The second-order valence-electron chi connectivity index (χ2n) is 4.91. The van der Waals surface area contributed by atoms with Crippen molar-refractivity contribution in [1.82, 2.24) is 5.32 Å². The molecule has 2 unspecified atom stereocenters. The summed E-state index contributed by atoms with van der Waals surface area (Å²) in [6, 6.07) is 15.6. The van der Waals surface area contributed by atoms with E-state index in [1.54, 1.807) is 6.07 Å². The van der Waals surface area contributed by atoms with Crippen LogP contribution in [0.15, 0.2) is 48.5 Å². The molecular weight excluding hydrogens is 261 g/mol. The zero-order chi connectivity index (χ0) is 13.2. The summed E-state index contributed by atoms with van der Waals surface area (Å²) >= 11 is 5.88. The third-order valence-corrected chi connectivity index (χ3v) is 4.04. The third-order valence-electron chi connectivity index (χ3n) is 3.75. The van der Waals surface area contributed by atoms with Crippen molar-refractivity contribution in [1.29, 1.82) is 0 Å². The Labute approximate surface area is 117 Å². The van der Waals surface area contributed by atoms with Crippen molar-refractivity contribution in [2.75, 3.05) is 6.54 Å². The molecule has 1 fully saturated rings. The van der Waals surface area contributed by atoms with E-state index in [2.05, 4.69) is 29.6 Å². The summed E-state index contributed by atoms with van der Waals surface area (Å²) in [5, 5.41) is 3.68. The largest absolute Gasteiger partial charge is 0.309 e. The second-order valence-corrected chi connectivity index (χ2v) is 5.32. The summed E-state index contributed by atoms with van der Waals surface area (Å²) in [5.41, 5.74) is 2.37. The molecule has 1 aliphatic heterocycles. The molecule has 1 aliphatic rings. The van der Waals surface area contributed by atoms with Gasteiger partial charge < -0.3 is 5.32 Å². The third kappa shape index (κ3) is 2.51. The molecule has 1 N–H and O–H groups in total. The van der Waals surface area contributed by atoms with E-state index in [1.807, 2.05) is 12.1 Å². The van der Waals surface area contributed by atoms with Crippen LogP contribution in [-0.2, 0) is 0 Å². The Morgan fingerprint density at radius 1 is 1.05 bits per heavy atom. The highest BCUT2D eigenvalue weighted by Crippen LogP contribution is 2.38. The molecule has 0 bridgehead atoms. The maximum Gasteiger partial charge on any atom is 0.141 e. The minimum atomic E-state index is -0.361. The minimum Gasteiger partial charge on any atom is -0.309 e. The van der Waals surface area contributed by atoms with Gasteiger partial charge in [0.15, 0.2) is 0 Å². The molecular formula is C16H15ClFN. The van der Waals surface area contributed by atoms with E-state index in [9.17, 15) is 4.39 Å². The maximum atomic E-state index is 13.3. The van der Waals surface area contributed by atoms with E-state index < -0.39 is 0 Å². The Hall–Kier alpha value is -1.38. The number of halogens is 2. The predicted molar refractivity (Wildman–Crippen MR) is 76.0 cm³/mol. The van der Waals surface area contributed by atoms with Gasteiger partial charge in [-0.05, 0) is 36.2 Å². The first-order chi connectivity index (χ1) is 9.25. The lowest BCUT2D eigenvalue weighted by molar-refractivity contribution is 0.573. The van der Waals surface area contributed by atoms with Gasteiger partial charge in [0.2, 0.25) is 0 Å². The molecule has 0 aromatic heterocycles. The standard InChI is InChI=1S/C16H15ClFN/c17-14-10-12(6-7-15(14)18)16-13(8-9-19-16)11-4-2-1-3-5-11/h1-7,10,13,16,19H,8-9H2. The average molecular weight is 276 g/mol. The Bertz CT molecular complexity index is 570. The van der Waals surface area contributed by atoms with Crippen molar-refractivity contribution >= 4 is 11.6 Å². The molecule has 3 rings (SSSR count). The van der Waals surface area contributed by atoms with Gasteiger partial charge >= 0.3 is 0 Å². The fourth-order valence-electron chi connectivity index (χ4n) is 2.82. The first-order valence-corrected chi connectivity index (χ1v) is 6.87. The van der Waals surface area contributed by atoms with Gasteiger partial charge in [-0.3, -0.25) is 0 Å². The quantitative estimate of drug-likeness (QED) is 0.862. The molecule has 1 saturated heterocycles. The molecule has 2 aromatic rings. The molecule has 2 atom stereocenters. The fourth-order valence-corrected chi connectivity index (χ4v) is 3.01. The van der Waals surface area contributed by atoms with Crippen LogP contribution in [-0.4, -0.2) is 6.54 Å². The first kappa shape index (κ1) is 12.6. The van der Waals surface area contributed by atoms with E-state index in [0.29, 0.717) is 5.92 Å². The zero-order valence-electron chi connectivity index (χ0n) is 10.4. The highest BCUT2D eigenvalue weighted by atomic mass is 35.5. The Morgan fingerprint density at radius 2 is 1.84 bits per heavy atom. The van der Waals surface area contributed by atoms with Crippen LogP contribution >= 0.6 is 11.6 Å². The molecule has 0 spiro atoms. The average Bonchev–Trinajstić information content (AvgIpc) is 2.92. The number of nitrogens with one attached hydrogen (secondary N) is 1. The van der Waals surface area contributed by atoms with Crippen LogP contribution in [0.1, 0.15) is 29.5 Å². The first-order valence-electron chi connectivity index (χ1n) is 6.49. The Balaban J connectivity index is 1.93. The number of benzene rings is 2. The van der Waals surface area contributed by atoms with Crippen LogP contribution in [0.25, 0.3) is 0 Å². The van der Waals surface area contributed by atoms with Gasteiger partial charge in [0, 0.05) is 12.0 Å². The van der Waals surface area contributed by atoms with Gasteiger partial charge in [0.1, 0.15) is 5.82 Å². The molecule has 3 heteroatoms. The van der Waals surface area contributed by atoms with Crippen LogP contribution in [0.5, 0.6) is 0 Å². The number of hydrogen-bond donors (Lipinski definition) is 1. The van der Waals surface area contributed by atoms with E-state index >= 15 is 0 Å². The topological polar surface area (TPSA) is 12.0 Å². The van der Waals surface area contributed by atoms with Crippen molar-refractivity contribution in [2.24, 2.45) is 0 Å². The second kappa shape index (κ2) is 5.32. The molecule has 0 radical (unpaired) electrons. The van der Waals surface area contributed by atoms with Crippen LogP contribution in [0.3, 0.4) is 0 Å². The smallest absolute Gasteiger partial charge is 0.141 e. The molecule has 2 aromatic carbocycles. The summed E-state index contributed by atoms with van der Waals surface area (Å²) in [6.45, 7) is 0.971. The lowest BCUT2D eigenvalue weighted by Crippen LogP contribution is -2.17. The predicted octanol–water partition coefficient (Wildman–Crippen LogP) is 4.30. The summed E-state index contributed by atoms with van der Waals surface area (Å²) in [6.07, 6.45) is 1.09. The highest BCUT2D eigenvalue weighted by molar-refractivity contribution is 6.30. The van der Waals surface area contributed by atoms with Crippen molar-refractivity contribution in [3.63, 3.8) is 0 Å². The van der Waals surface area contributed by atoms with Crippen molar-refractivity contribution < 1.29 is 4.39 Å². The molecule has 0 saturated carbocycles. The van der Waals surface area contributed by atoms with Gasteiger partial charge in [-0.2, -0.15) is 0 Å². The fraction of sp³-hybridized carbons (Fsp3) is 0.250. The minimum absolute atomic E-state index is 0.193. The van der Waals surface area contributed by atoms with Crippen molar-refractivity contribution in [3.8, 4) is 0 Å². The van der Waals surface area contributed by atoms with E-state index in [0.717, 1.165) is 18.5 Å². The summed E-state index contributed by atoms with van der Waals surface area (Å²) in [7, 11) is 0. The Morgan fingerprint density at radius 3 is 2.58 bits per heavy atom. The molecule has 1 heterocycles. The van der Waals surface area contributed by atoms with E-state index in [4.69, 9.17) is 11.6 Å². The van der Waals surface area contributed by atoms with Gasteiger partial charge in [0.25, 0.3) is 0 Å². The summed E-state index contributed by atoms with van der Waals surface area (Å²) in [5.74, 6) is 0.0578. The Kier molecular flexibility index (Phi) is 3.54. The van der Waals surface area contributed by atoms with Gasteiger partial charge in [0.05, 0.1) is 5.02 Å². The van der Waals surface area contributed by atoms with Crippen LogP contribution in [0, 0.1) is 5.82 Å². The highest BCUT2D eigenvalue weighted by Gasteiger charge is 2.29. The van der Waals surface area contributed by atoms with E-state index in [1.165, 1.54) is 11.6 Å². The maximum absolute atomic E-state index is 13.3. The molecule has 0 aliphatic carbocycles. The lowest BCUT2D eigenvalue weighted by Gasteiger charge is -2.20. The monoisotopic (exact) mass is 275 g/mol. The van der Waals surface area contributed by atoms with Crippen LogP contribution in [0.4, 0.5) is 4.39 Å². The van der Waals surface area contributed by atoms with E-state index in [-0.39, 0.29) is 16.9 Å². The molecule has 0 amide bonds.